The molecule has 23 heavy (non-hydrogen) atoms. The molecule has 0 amide bonds. The molecule has 134 valence electrons. The molecular weight excluding hydrogens is 292 g/mol. The summed E-state index contributed by atoms with van der Waals surface area (Å²) in [6.45, 7) is 12.2. The molecule has 1 rings (SSSR count). The summed E-state index contributed by atoms with van der Waals surface area (Å²) in [5, 5.41) is 1.85. The Balaban J connectivity index is 2.61. The summed E-state index contributed by atoms with van der Waals surface area (Å²) in [4.78, 5) is 0. The minimum atomic E-state index is -1.16. The third kappa shape index (κ3) is 8.38. The molecule has 1 aliphatic rings. The van der Waals surface area contributed by atoms with Gasteiger partial charge in [0.2, 0.25) is 0 Å². The standard InChI is InChI=1S/C22H42Si/c1-6-8-10-11-13-18-22(23(3,4)5)19-21-17-14-16-20(21)15-12-9-7-2/h15,18,21H,6-14,16-17,19H2,1-5H3/b20-15+,22-18-. The normalized spacial score (nSPS) is 21.3. The minimum Gasteiger partial charge on any atom is -0.0891 e. The van der Waals surface area contributed by atoms with Crippen LogP contribution in [0.4, 0.5) is 0 Å². The van der Waals surface area contributed by atoms with E-state index in [0.29, 0.717) is 0 Å². The average molecular weight is 335 g/mol. The first-order valence-electron chi connectivity index (χ1n) is 10.4. The molecule has 0 aromatic carbocycles. The van der Waals surface area contributed by atoms with E-state index in [9.17, 15) is 0 Å². The lowest BCUT2D eigenvalue weighted by molar-refractivity contribution is 0.622. The molecule has 0 nitrogen and oxygen atoms in total. The first-order valence-corrected chi connectivity index (χ1v) is 13.9. The molecule has 1 saturated carbocycles. The molecule has 1 fully saturated rings. The number of hydrogen-bond acceptors (Lipinski definition) is 0. The van der Waals surface area contributed by atoms with Gasteiger partial charge in [0.05, 0.1) is 8.07 Å². The van der Waals surface area contributed by atoms with Crippen LogP contribution in [0, 0.1) is 5.92 Å². The van der Waals surface area contributed by atoms with Crippen LogP contribution in [0.2, 0.25) is 19.6 Å². The third-order valence-electron chi connectivity index (χ3n) is 5.38. The molecule has 0 saturated heterocycles. The topological polar surface area (TPSA) is 0 Å². The molecule has 0 N–H and O–H groups in total. The summed E-state index contributed by atoms with van der Waals surface area (Å²) in [7, 11) is -1.16. The Hall–Kier alpha value is -0.303. The second-order valence-corrected chi connectivity index (χ2v) is 13.7. The van der Waals surface area contributed by atoms with Gasteiger partial charge in [-0.3, -0.25) is 0 Å². The minimum absolute atomic E-state index is 0.875. The summed E-state index contributed by atoms with van der Waals surface area (Å²) in [6, 6.07) is 0. The second-order valence-electron chi connectivity index (χ2n) is 8.54. The molecule has 0 aliphatic heterocycles. The van der Waals surface area contributed by atoms with Gasteiger partial charge in [-0.25, -0.2) is 0 Å². The van der Waals surface area contributed by atoms with Crippen LogP contribution in [0.5, 0.6) is 0 Å². The van der Waals surface area contributed by atoms with Gasteiger partial charge in [0, 0.05) is 0 Å². The fourth-order valence-corrected chi connectivity index (χ4v) is 5.36. The molecule has 0 radical (unpaired) electrons. The van der Waals surface area contributed by atoms with Crippen LogP contribution in [0.3, 0.4) is 0 Å². The van der Waals surface area contributed by atoms with Crippen molar-refractivity contribution in [3.05, 3.63) is 22.9 Å². The maximum Gasteiger partial charge on any atom is 0.0720 e. The maximum atomic E-state index is 2.66. The van der Waals surface area contributed by atoms with Crippen molar-refractivity contribution >= 4 is 8.07 Å². The number of hydrogen-bond donors (Lipinski definition) is 0. The van der Waals surface area contributed by atoms with Crippen LogP contribution in [-0.4, -0.2) is 8.07 Å². The largest absolute Gasteiger partial charge is 0.0891 e. The molecule has 1 unspecified atom stereocenters. The van der Waals surface area contributed by atoms with Crippen LogP contribution in [0.1, 0.15) is 90.9 Å². The van der Waals surface area contributed by atoms with Crippen LogP contribution < -0.4 is 0 Å². The first kappa shape index (κ1) is 20.7. The van der Waals surface area contributed by atoms with E-state index in [1.54, 1.807) is 5.57 Å². The highest BCUT2D eigenvalue weighted by Gasteiger charge is 2.26. The fraction of sp³-hybridized carbons (Fsp3) is 0.818. The zero-order valence-electron chi connectivity index (χ0n) is 16.7. The van der Waals surface area contributed by atoms with Crippen molar-refractivity contribution in [1.82, 2.24) is 0 Å². The van der Waals surface area contributed by atoms with E-state index in [1.165, 1.54) is 77.0 Å². The van der Waals surface area contributed by atoms with E-state index in [1.807, 2.05) is 5.20 Å². The van der Waals surface area contributed by atoms with Gasteiger partial charge in [0.1, 0.15) is 0 Å². The molecule has 0 spiro atoms. The predicted octanol–water partition coefficient (Wildman–Crippen LogP) is 8.07. The van der Waals surface area contributed by atoms with Crippen LogP contribution in [0.25, 0.3) is 0 Å². The summed E-state index contributed by atoms with van der Waals surface area (Å²) in [6.07, 6.45) is 21.8. The van der Waals surface area contributed by atoms with Crippen molar-refractivity contribution < 1.29 is 0 Å². The molecule has 0 bridgehead atoms. The van der Waals surface area contributed by atoms with E-state index in [4.69, 9.17) is 0 Å². The van der Waals surface area contributed by atoms with Gasteiger partial charge >= 0.3 is 0 Å². The highest BCUT2D eigenvalue weighted by atomic mass is 28.3. The Morgan fingerprint density at radius 2 is 1.74 bits per heavy atom. The highest BCUT2D eigenvalue weighted by molar-refractivity contribution is 6.83. The molecule has 0 heterocycles. The van der Waals surface area contributed by atoms with Crippen molar-refractivity contribution in [3.8, 4) is 0 Å². The Morgan fingerprint density at radius 3 is 2.39 bits per heavy atom. The van der Waals surface area contributed by atoms with Gasteiger partial charge in [0.25, 0.3) is 0 Å². The molecule has 0 aromatic rings. The molecular formula is C22H42Si. The highest BCUT2D eigenvalue weighted by Crippen LogP contribution is 2.38. The van der Waals surface area contributed by atoms with Gasteiger partial charge in [-0.1, -0.05) is 88.5 Å². The van der Waals surface area contributed by atoms with Crippen molar-refractivity contribution in [2.75, 3.05) is 0 Å². The first-order chi connectivity index (χ1) is 11.0. The molecule has 1 aliphatic carbocycles. The van der Waals surface area contributed by atoms with Crippen molar-refractivity contribution in [2.24, 2.45) is 5.92 Å². The van der Waals surface area contributed by atoms with Gasteiger partial charge in [-0.15, -0.1) is 0 Å². The second kappa shape index (κ2) is 11.3. The fourth-order valence-electron chi connectivity index (χ4n) is 3.74. The van der Waals surface area contributed by atoms with Gasteiger partial charge in [0.15, 0.2) is 0 Å². The summed E-state index contributed by atoms with van der Waals surface area (Å²) in [5.74, 6) is 0.875. The smallest absolute Gasteiger partial charge is 0.0720 e. The third-order valence-corrected chi connectivity index (χ3v) is 7.72. The molecule has 0 aromatic heterocycles. The van der Waals surface area contributed by atoms with E-state index in [0.717, 1.165) is 5.92 Å². The predicted molar refractivity (Wildman–Crippen MR) is 110 cm³/mol. The summed E-state index contributed by atoms with van der Waals surface area (Å²) in [5.41, 5.74) is 1.80. The zero-order valence-corrected chi connectivity index (χ0v) is 17.7. The van der Waals surface area contributed by atoms with Crippen molar-refractivity contribution in [1.29, 1.82) is 0 Å². The van der Waals surface area contributed by atoms with E-state index < -0.39 is 8.07 Å². The van der Waals surface area contributed by atoms with Crippen molar-refractivity contribution in [3.63, 3.8) is 0 Å². The Kier molecular flexibility index (Phi) is 10.2. The van der Waals surface area contributed by atoms with Gasteiger partial charge < -0.3 is 0 Å². The number of allylic oxidation sites excluding steroid dienone is 4. The van der Waals surface area contributed by atoms with E-state index in [-0.39, 0.29) is 0 Å². The van der Waals surface area contributed by atoms with E-state index in [2.05, 4.69) is 45.6 Å². The van der Waals surface area contributed by atoms with E-state index >= 15 is 0 Å². The van der Waals surface area contributed by atoms with Crippen molar-refractivity contribution in [2.45, 2.75) is 111 Å². The lowest BCUT2D eigenvalue weighted by atomic mass is 9.96. The lowest BCUT2D eigenvalue weighted by Gasteiger charge is -2.25. The SMILES string of the molecule is CCCC/C=C1\CCCC1C/C(=C/CCCCCC)[Si](C)(C)C. The monoisotopic (exact) mass is 334 g/mol. The molecule has 1 atom stereocenters. The Labute approximate surface area is 147 Å². The summed E-state index contributed by atoms with van der Waals surface area (Å²) >= 11 is 0. The Morgan fingerprint density at radius 1 is 1.00 bits per heavy atom. The van der Waals surface area contributed by atoms with Crippen LogP contribution in [-0.2, 0) is 0 Å². The zero-order chi connectivity index (χ0) is 17.1. The summed E-state index contributed by atoms with van der Waals surface area (Å²) < 4.78 is 0. The Bertz CT molecular complexity index is 370. The van der Waals surface area contributed by atoms with Gasteiger partial charge in [-0.05, 0) is 50.9 Å². The number of rotatable bonds is 11. The van der Waals surface area contributed by atoms with Crippen LogP contribution in [0.15, 0.2) is 22.9 Å². The quantitative estimate of drug-likeness (QED) is 0.203. The molecule has 1 heteroatoms. The maximum absolute atomic E-state index is 2.66. The lowest BCUT2D eigenvalue weighted by Crippen LogP contribution is -2.25. The number of unbranched alkanes of at least 4 members (excludes halogenated alkanes) is 6. The van der Waals surface area contributed by atoms with Gasteiger partial charge in [-0.2, -0.15) is 0 Å². The average Bonchev–Trinajstić information content (AvgIpc) is 2.92. The van der Waals surface area contributed by atoms with Crippen LogP contribution >= 0.6 is 0 Å².